The maximum Gasteiger partial charge on any atom is 0.221 e. The Bertz CT molecular complexity index is 1110. The summed E-state index contributed by atoms with van der Waals surface area (Å²) in [6.07, 6.45) is 1.13. The van der Waals surface area contributed by atoms with Crippen LogP contribution in [-0.2, 0) is 17.6 Å². The summed E-state index contributed by atoms with van der Waals surface area (Å²) in [4.78, 5) is 11.1. The summed E-state index contributed by atoms with van der Waals surface area (Å²) in [6, 6.07) is 26.5. The van der Waals surface area contributed by atoms with Crippen molar-refractivity contribution in [3.8, 4) is 6.07 Å². The lowest BCUT2D eigenvalue weighted by Crippen LogP contribution is -2.44. The van der Waals surface area contributed by atoms with Crippen molar-refractivity contribution in [1.29, 1.82) is 5.26 Å². The topological polar surface area (TPSA) is 103 Å². The van der Waals surface area contributed by atoms with Gasteiger partial charge in [-0.15, -0.1) is 0 Å². The van der Waals surface area contributed by atoms with Crippen LogP contribution in [0.2, 0.25) is 0 Å². The van der Waals surface area contributed by atoms with Gasteiger partial charge in [-0.1, -0.05) is 60.7 Å². The minimum atomic E-state index is -0.320. The van der Waals surface area contributed by atoms with Crippen molar-refractivity contribution < 1.29 is 4.79 Å². The number of nitrogens with zero attached hydrogens (tertiary/aromatic N) is 1. The van der Waals surface area contributed by atoms with Crippen molar-refractivity contribution in [3.63, 3.8) is 0 Å². The van der Waals surface area contributed by atoms with Crippen LogP contribution in [0.4, 0.5) is 11.4 Å². The predicted octanol–water partition coefficient (Wildman–Crippen LogP) is 3.37. The zero-order chi connectivity index (χ0) is 22.3. The maximum absolute atomic E-state index is 11.1. The number of carbonyl (C=O) groups is 1. The lowest BCUT2D eigenvalue weighted by atomic mass is 9.96. The number of benzene rings is 3. The molecule has 0 bridgehead atoms. The minimum Gasteiger partial charge on any atom is -0.381 e. The fraction of sp³-hybridized carbons (Fsp3) is 0.231. The third-order valence-corrected chi connectivity index (χ3v) is 5.77. The molecule has 0 fully saturated rings. The number of hydrogen-bond donors (Lipinski definition) is 4. The first-order valence-corrected chi connectivity index (χ1v) is 10.8. The number of fused-ring (bicyclic) bond motifs is 1. The van der Waals surface area contributed by atoms with E-state index in [4.69, 9.17) is 5.73 Å². The van der Waals surface area contributed by atoms with Gasteiger partial charge in [-0.05, 0) is 41.8 Å². The highest BCUT2D eigenvalue weighted by atomic mass is 16.1. The highest BCUT2D eigenvalue weighted by Gasteiger charge is 2.27. The van der Waals surface area contributed by atoms with Gasteiger partial charge in [0.05, 0.1) is 35.4 Å². The van der Waals surface area contributed by atoms with Crippen LogP contribution >= 0.6 is 0 Å². The molecule has 1 amide bonds. The number of rotatable bonds is 8. The molecule has 3 aromatic rings. The van der Waals surface area contributed by atoms with E-state index in [0.29, 0.717) is 5.56 Å². The SMILES string of the molecule is N#Cc1cccc2c1N[C@@H]([C@H](NCCc1ccc(CC(N)=O)cc1)c1ccccc1)CN2. The molecule has 4 rings (SSSR count). The number of nitrogens with two attached hydrogens (primary N) is 1. The quantitative estimate of drug-likeness (QED) is 0.443. The zero-order valence-corrected chi connectivity index (χ0v) is 17.8. The van der Waals surface area contributed by atoms with Crippen molar-refractivity contribution in [2.45, 2.75) is 24.9 Å². The molecule has 6 heteroatoms. The van der Waals surface area contributed by atoms with Gasteiger partial charge in [-0.3, -0.25) is 4.79 Å². The van der Waals surface area contributed by atoms with E-state index in [1.54, 1.807) is 0 Å². The Hall–Kier alpha value is -3.82. The Labute approximate surface area is 188 Å². The molecule has 0 radical (unpaired) electrons. The predicted molar refractivity (Wildman–Crippen MR) is 127 cm³/mol. The smallest absolute Gasteiger partial charge is 0.221 e. The summed E-state index contributed by atoms with van der Waals surface area (Å²) in [7, 11) is 0. The summed E-state index contributed by atoms with van der Waals surface area (Å²) < 4.78 is 0. The lowest BCUT2D eigenvalue weighted by molar-refractivity contribution is -0.117. The third kappa shape index (κ3) is 5.08. The monoisotopic (exact) mass is 425 g/mol. The molecular formula is C26H27N5O. The van der Waals surface area contributed by atoms with E-state index >= 15 is 0 Å². The van der Waals surface area contributed by atoms with Gasteiger partial charge in [0.2, 0.25) is 5.91 Å². The molecule has 0 saturated heterocycles. The molecular weight excluding hydrogens is 398 g/mol. The van der Waals surface area contributed by atoms with Crippen LogP contribution in [0, 0.1) is 11.3 Å². The van der Waals surface area contributed by atoms with Gasteiger partial charge in [0.1, 0.15) is 6.07 Å². The van der Waals surface area contributed by atoms with E-state index < -0.39 is 0 Å². The number of amides is 1. The molecule has 1 aliphatic rings. The Balaban J connectivity index is 1.46. The van der Waals surface area contributed by atoms with E-state index in [1.807, 2.05) is 60.7 Å². The maximum atomic E-state index is 11.1. The molecule has 6 nitrogen and oxygen atoms in total. The number of anilines is 2. The van der Waals surface area contributed by atoms with E-state index in [1.165, 1.54) is 11.1 Å². The number of primary amides is 1. The summed E-state index contributed by atoms with van der Waals surface area (Å²) >= 11 is 0. The first-order chi connectivity index (χ1) is 15.6. The van der Waals surface area contributed by atoms with Crippen LogP contribution in [0.5, 0.6) is 0 Å². The third-order valence-electron chi connectivity index (χ3n) is 5.77. The minimum absolute atomic E-state index is 0.0673. The fourth-order valence-corrected chi connectivity index (χ4v) is 4.16. The number of hydrogen-bond acceptors (Lipinski definition) is 5. The Morgan fingerprint density at radius 3 is 2.53 bits per heavy atom. The van der Waals surface area contributed by atoms with Gasteiger partial charge in [0.15, 0.2) is 0 Å². The van der Waals surface area contributed by atoms with E-state index in [-0.39, 0.29) is 24.4 Å². The van der Waals surface area contributed by atoms with Crippen LogP contribution in [0.3, 0.4) is 0 Å². The van der Waals surface area contributed by atoms with Crippen LogP contribution in [-0.4, -0.2) is 25.0 Å². The molecule has 2 atom stereocenters. The normalized spacial score (nSPS) is 15.5. The molecule has 0 spiro atoms. The lowest BCUT2D eigenvalue weighted by Gasteiger charge is -2.35. The molecule has 32 heavy (non-hydrogen) atoms. The highest BCUT2D eigenvalue weighted by Crippen LogP contribution is 2.32. The molecule has 0 aliphatic carbocycles. The first-order valence-electron chi connectivity index (χ1n) is 10.8. The molecule has 0 aromatic heterocycles. The van der Waals surface area contributed by atoms with Crippen molar-refractivity contribution in [1.82, 2.24) is 5.32 Å². The average molecular weight is 426 g/mol. The van der Waals surface area contributed by atoms with E-state index in [2.05, 4.69) is 34.2 Å². The molecule has 162 valence electrons. The molecule has 0 unspecified atom stereocenters. The summed E-state index contributed by atoms with van der Waals surface area (Å²) in [5.41, 5.74) is 11.1. The second-order valence-corrected chi connectivity index (χ2v) is 8.02. The number of carbonyl (C=O) groups excluding carboxylic acids is 1. The second kappa shape index (κ2) is 9.99. The van der Waals surface area contributed by atoms with Gasteiger partial charge in [-0.25, -0.2) is 0 Å². The Morgan fingerprint density at radius 1 is 1.06 bits per heavy atom. The largest absolute Gasteiger partial charge is 0.381 e. The van der Waals surface area contributed by atoms with Gasteiger partial charge in [0, 0.05) is 6.54 Å². The molecule has 5 N–H and O–H groups in total. The number of para-hydroxylation sites is 1. The number of nitriles is 1. The first kappa shape index (κ1) is 21.4. The van der Waals surface area contributed by atoms with Crippen molar-refractivity contribution >= 4 is 17.3 Å². The van der Waals surface area contributed by atoms with E-state index in [9.17, 15) is 10.1 Å². The van der Waals surface area contributed by atoms with E-state index in [0.717, 1.165) is 36.4 Å². The van der Waals surface area contributed by atoms with Gasteiger partial charge in [-0.2, -0.15) is 5.26 Å². The fourth-order valence-electron chi connectivity index (χ4n) is 4.16. The second-order valence-electron chi connectivity index (χ2n) is 8.02. The Morgan fingerprint density at radius 2 is 1.81 bits per heavy atom. The molecule has 3 aromatic carbocycles. The summed E-state index contributed by atoms with van der Waals surface area (Å²) in [5, 5.41) is 20.3. The summed E-state index contributed by atoms with van der Waals surface area (Å²) in [6.45, 7) is 1.54. The number of nitrogens with one attached hydrogen (secondary N) is 3. The van der Waals surface area contributed by atoms with Crippen molar-refractivity contribution in [2.75, 3.05) is 23.7 Å². The van der Waals surface area contributed by atoms with Crippen molar-refractivity contribution in [3.05, 3.63) is 95.1 Å². The highest BCUT2D eigenvalue weighted by molar-refractivity contribution is 5.78. The molecule has 1 heterocycles. The van der Waals surface area contributed by atoms with Crippen molar-refractivity contribution in [2.24, 2.45) is 5.73 Å². The standard InChI is InChI=1S/C26H27N5O/c27-16-21-7-4-8-22-26(21)31-23(17-30-22)25(20-5-2-1-3-6-20)29-14-13-18-9-11-19(12-10-18)15-24(28)32/h1-12,23,25,29-31H,13-15,17H2,(H2,28,32)/t23-,25-/m1/s1. The van der Waals surface area contributed by atoms with Crippen LogP contribution in [0.15, 0.2) is 72.8 Å². The van der Waals surface area contributed by atoms with Gasteiger partial charge >= 0.3 is 0 Å². The van der Waals surface area contributed by atoms with Gasteiger partial charge in [0.25, 0.3) is 0 Å². The molecule has 1 aliphatic heterocycles. The Kier molecular flexibility index (Phi) is 6.69. The van der Waals surface area contributed by atoms with Gasteiger partial charge < -0.3 is 21.7 Å². The van der Waals surface area contributed by atoms with Crippen LogP contribution < -0.4 is 21.7 Å². The zero-order valence-electron chi connectivity index (χ0n) is 17.8. The average Bonchev–Trinajstić information content (AvgIpc) is 2.82. The molecule has 0 saturated carbocycles. The summed E-state index contributed by atoms with van der Waals surface area (Å²) in [5.74, 6) is -0.320. The van der Waals surface area contributed by atoms with Crippen LogP contribution in [0.25, 0.3) is 0 Å². The van der Waals surface area contributed by atoms with Crippen LogP contribution in [0.1, 0.15) is 28.3 Å².